The Bertz CT molecular complexity index is 443. The second kappa shape index (κ2) is 4.56. The highest BCUT2D eigenvalue weighted by atomic mass is 79.9. The third kappa shape index (κ3) is 2.54. The van der Waals surface area contributed by atoms with Crippen LogP contribution in [0.1, 0.15) is 23.2 Å². The summed E-state index contributed by atoms with van der Waals surface area (Å²) in [6.07, 6.45) is 1.98. The summed E-state index contributed by atoms with van der Waals surface area (Å²) < 4.78 is 4.92. The highest BCUT2D eigenvalue weighted by Crippen LogP contribution is 2.37. The Morgan fingerprint density at radius 1 is 1.59 bits per heavy atom. The summed E-state index contributed by atoms with van der Waals surface area (Å²) in [5.41, 5.74) is 0.350. The summed E-state index contributed by atoms with van der Waals surface area (Å²) in [7, 11) is 1.47. The van der Waals surface area contributed by atoms with Crippen LogP contribution in [0.4, 0.5) is 0 Å². The third-order valence-corrected chi connectivity index (χ3v) is 4.00. The summed E-state index contributed by atoms with van der Waals surface area (Å²) in [5, 5.41) is 13.3. The fourth-order valence-corrected chi connectivity index (χ4v) is 2.29. The van der Waals surface area contributed by atoms with Crippen LogP contribution < -0.4 is 10.1 Å². The van der Waals surface area contributed by atoms with Gasteiger partial charge < -0.3 is 15.2 Å². The van der Waals surface area contributed by atoms with Gasteiger partial charge in [0, 0.05) is 10.9 Å². The Balaban J connectivity index is 2.12. The lowest BCUT2D eigenvalue weighted by molar-refractivity contribution is 0.0936. The van der Waals surface area contributed by atoms with Crippen LogP contribution >= 0.6 is 15.9 Å². The number of ether oxygens (including phenoxy) is 1. The van der Waals surface area contributed by atoms with Gasteiger partial charge in [-0.25, -0.2) is 0 Å². The second-order valence-corrected chi connectivity index (χ2v) is 4.82. The maximum Gasteiger partial charge on any atom is 0.251 e. The number of rotatable bonds is 4. The SMILES string of the molecule is COc1ccc(C(=O)NC2(CBr)CC2)cc1O. The van der Waals surface area contributed by atoms with Crippen LogP contribution in [-0.4, -0.2) is 29.0 Å². The Hall–Kier alpha value is -1.23. The van der Waals surface area contributed by atoms with Gasteiger partial charge in [0.2, 0.25) is 0 Å². The Kier molecular flexibility index (Phi) is 3.28. The first-order chi connectivity index (χ1) is 8.10. The van der Waals surface area contributed by atoms with E-state index in [2.05, 4.69) is 21.2 Å². The van der Waals surface area contributed by atoms with E-state index in [0.717, 1.165) is 18.2 Å². The average molecular weight is 300 g/mol. The molecule has 0 aromatic heterocycles. The van der Waals surface area contributed by atoms with Crippen LogP contribution in [0.2, 0.25) is 0 Å². The molecule has 1 amide bonds. The van der Waals surface area contributed by atoms with E-state index >= 15 is 0 Å². The molecule has 1 aromatic rings. The number of alkyl halides is 1. The quantitative estimate of drug-likeness (QED) is 0.837. The van der Waals surface area contributed by atoms with Crippen molar-refractivity contribution in [2.75, 3.05) is 12.4 Å². The van der Waals surface area contributed by atoms with Crippen molar-refractivity contribution < 1.29 is 14.6 Å². The van der Waals surface area contributed by atoms with Gasteiger partial charge in [0.05, 0.1) is 12.6 Å². The molecule has 0 aliphatic heterocycles. The lowest BCUT2D eigenvalue weighted by Gasteiger charge is -2.14. The molecule has 0 saturated heterocycles. The van der Waals surface area contributed by atoms with E-state index in [0.29, 0.717) is 11.3 Å². The number of benzene rings is 1. The molecule has 0 heterocycles. The smallest absolute Gasteiger partial charge is 0.251 e. The minimum Gasteiger partial charge on any atom is -0.504 e. The average Bonchev–Trinajstić information content (AvgIpc) is 3.09. The molecule has 92 valence electrons. The number of carbonyl (C=O) groups excluding carboxylic acids is 1. The zero-order valence-corrected chi connectivity index (χ0v) is 11.1. The van der Waals surface area contributed by atoms with Crippen molar-refractivity contribution in [2.45, 2.75) is 18.4 Å². The van der Waals surface area contributed by atoms with Gasteiger partial charge in [0.1, 0.15) is 0 Å². The highest BCUT2D eigenvalue weighted by molar-refractivity contribution is 9.09. The van der Waals surface area contributed by atoms with E-state index in [9.17, 15) is 9.90 Å². The van der Waals surface area contributed by atoms with E-state index in [4.69, 9.17) is 4.74 Å². The topological polar surface area (TPSA) is 58.6 Å². The summed E-state index contributed by atoms with van der Waals surface area (Å²) in [5.74, 6) is 0.173. The maximum absolute atomic E-state index is 11.9. The first kappa shape index (κ1) is 12.2. The van der Waals surface area contributed by atoms with Crippen LogP contribution in [-0.2, 0) is 0 Å². The highest BCUT2D eigenvalue weighted by Gasteiger charge is 2.43. The van der Waals surface area contributed by atoms with Crippen LogP contribution in [0, 0.1) is 0 Å². The van der Waals surface area contributed by atoms with Crippen LogP contribution in [0.15, 0.2) is 18.2 Å². The van der Waals surface area contributed by atoms with E-state index < -0.39 is 0 Å². The monoisotopic (exact) mass is 299 g/mol. The van der Waals surface area contributed by atoms with Gasteiger partial charge in [0.25, 0.3) is 5.91 Å². The van der Waals surface area contributed by atoms with Crippen molar-refractivity contribution in [3.8, 4) is 11.5 Å². The molecule has 0 atom stereocenters. The van der Waals surface area contributed by atoms with Crippen molar-refractivity contribution in [3.05, 3.63) is 23.8 Å². The molecular formula is C12H14BrNO3. The van der Waals surface area contributed by atoms with Crippen molar-refractivity contribution in [1.82, 2.24) is 5.32 Å². The van der Waals surface area contributed by atoms with E-state index in [1.165, 1.54) is 13.2 Å². The van der Waals surface area contributed by atoms with Crippen molar-refractivity contribution in [3.63, 3.8) is 0 Å². The molecule has 1 aliphatic carbocycles. The van der Waals surface area contributed by atoms with Crippen molar-refractivity contribution in [1.29, 1.82) is 0 Å². The molecule has 1 saturated carbocycles. The lowest BCUT2D eigenvalue weighted by Crippen LogP contribution is -2.38. The zero-order chi connectivity index (χ0) is 12.5. The number of carbonyl (C=O) groups is 1. The summed E-state index contributed by atoms with van der Waals surface area (Å²) in [6.45, 7) is 0. The molecule has 0 unspecified atom stereocenters. The summed E-state index contributed by atoms with van der Waals surface area (Å²) in [6, 6.07) is 4.63. The molecule has 1 aromatic carbocycles. The molecule has 0 bridgehead atoms. The molecule has 2 N–H and O–H groups in total. The van der Waals surface area contributed by atoms with E-state index in [-0.39, 0.29) is 17.2 Å². The number of nitrogens with one attached hydrogen (secondary N) is 1. The van der Waals surface area contributed by atoms with E-state index in [1.807, 2.05) is 0 Å². The Labute approximate surface area is 108 Å². The molecule has 2 rings (SSSR count). The molecule has 1 aliphatic rings. The number of halogens is 1. The van der Waals surface area contributed by atoms with Crippen molar-refractivity contribution >= 4 is 21.8 Å². The number of methoxy groups -OCH3 is 1. The largest absolute Gasteiger partial charge is 0.504 e. The first-order valence-corrected chi connectivity index (χ1v) is 6.48. The first-order valence-electron chi connectivity index (χ1n) is 5.36. The van der Waals surface area contributed by atoms with Gasteiger partial charge >= 0.3 is 0 Å². The Morgan fingerprint density at radius 3 is 2.76 bits per heavy atom. The normalized spacial score (nSPS) is 16.4. The van der Waals surface area contributed by atoms with Gasteiger partial charge in [-0.3, -0.25) is 4.79 Å². The van der Waals surface area contributed by atoms with Crippen LogP contribution in [0.25, 0.3) is 0 Å². The Morgan fingerprint density at radius 2 is 2.29 bits per heavy atom. The maximum atomic E-state index is 11.9. The second-order valence-electron chi connectivity index (χ2n) is 4.25. The fraction of sp³-hybridized carbons (Fsp3) is 0.417. The molecule has 5 heteroatoms. The van der Waals surface area contributed by atoms with Gasteiger partial charge in [-0.05, 0) is 31.0 Å². The molecular weight excluding hydrogens is 286 g/mol. The third-order valence-electron chi connectivity index (χ3n) is 2.93. The predicted octanol–water partition coefficient (Wildman–Crippen LogP) is 2.06. The molecule has 1 fully saturated rings. The number of hydrogen-bond acceptors (Lipinski definition) is 3. The molecule has 4 nitrogen and oxygen atoms in total. The molecule has 17 heavy (non-hydrogen) atoms. The van der Waals surface area contributed by atoms with Crippen LogP contribution in [0.5, 0.6) is 11.5 Å². The van der Waals surface area contributed by atoms with E-state index in [1.54, 1.807) is 12.1 Å². The minimum atomic E-state index is -0.167. The van der Waals surface area contributed by atoms with Gasteiger partial charge in [-0.2, -0.15) is 0 Å². The minimum absolute atomic E-state index is 0.0242. The summed E-state index contributed by atoms with van der Waals surface area (Å²) >= 11 is 3.39. The van der Waals surface area contributed by atoms with Crippen LogP contribution in [0.3, 0.4) is 0 Å². The van der Waals surface area contributed by atoms with Gasteiger partial charge in [-0.1, -0.05) is 15.9 Å². The van der Waals surface area contributed by atoms with Crippen molar-refractivity contribution in [2.24, 2.45) is 0 Å². The number of phenols is 1. The number of hydrogen-bond donors (Lipinski definition) is 2. The van der Waals surface area contributed by atoms with Gasteiger partial charge in [0.15, 0.2) is 11.5 Å². The predicted molar refractivity (Wildman–Crippen MR) is 67.9 cm³/mol. The number of phenolic OH excluding ortho intramolecular Hbond substituents is 1. The zero-order valence-electron chi connectivity index (χ0n) is 9.50. The van der Waals surface area contributed by atoms with Gasteiger partial charge in [-0.15, -0.1) is 0 Å². The standard InChI is InChI=1S/C12H14BrNO3/c1-17-10-3-2-8(6-9(10)15)11(16)14-12(7-13)4-5-12/h2-3,6,15H,4-5,7H2,1H3,(H,14,16). The molecule has 0 spiro atoms. The number of amides is 1. The number of aromatic hydroxyl groups is 1. The summed E-state index contributed by atoms with van der Waals surface area (Å²) in [4.78, 5) is 11.9. The molecule has 0 radical (unpaired) electrons. The lowest BCUT2D eigenvalue weighted by atomic mass is 10.1. The fourth-order valence-electron chi connectivity index (χ4n) is 1.59.